The molecule has 1 fully saturated rings. The van der Waals surface area contributed by atoms with E-state index < -0.39 is 5.72 Å². The Morgan fingerprint density at radius 2 is 2.00 bits per heavy atom. The van der Waals surface area contributed by atoms with E-state index in [9.17, 15) is 5.11 Å². The third-order valence-corrected chi connectivity index (χ3v) is 2.97. The van der Waals surface area contributed by atoms with Gasteiger partial charge in [0.2, 0.25) is 0 Å². The minimum Gasteiger partial charge on any atom is -0.376 e. The van der Waals surface area contributed by atoms with Gasteiger partial charge < -0.3 is 10.8 Å². The molecule has 0 saturated heterocycles. The average molecular weight is 129 g/mol. The number of nitrogens with two attached hydrogens (primary N) is 1. The highest BCUT2D eigenvalue weighted by atomic mass is 16.3. The minimum atomic E-state index is -0.910. The Kier molecular flexibility index (Phi) is 1.17. The molecule has 0 heterocycles. The van der Waals surface area contributed by atoms with Crippen molar-refractivity contribution in [3.05, 3.63) is 0 Å². The molecular formula is C7H15NO. The summed E-state index contributed by atoms with van der Waals surface area (Å²) in [5.41, 5.74) is 4.54. The van der Waals surface area contributed by atoms with Crippen molar-refractivity contribution < 1.29 is 5.11 Å². The largest absolute Gasteiger partial charge is 0.376 e. The smallest absolute Gasteiger partial charge is 0.119 e. The van der Waals surface area contributed by atoms with Crippen molar-refractivity contribution in [3.63, 3.8) is 0 Å². The lowest BCUT2D eigenvalue weighted by Crippen LogP contribution is -2.65. The Balaban J connectivity index is 2.70. The van der Waals surface area contributed by atoms with E-state index in [-0.39, 0.29) is 5.41 Å². The highest BCUT2D eigenvalue weighted by molar-refractivity contribution is 5.03. The summed E-state index contributed by atoms with van der Waals surface area (Å²) in [6.45, 7) is 6.11. The molecule has 54 valence electrons. The molecule has 0 amide bonds. The number of rotatable bonds is 0. The van der Waals surface area contributed by atoms with Crippen molar-refractivity contribution in [2.24, 2.45) is 17.1 Å². The van der Waals surface area contributed by atoms with Crippen molar-refractivity contribution in [1.29, 1.82) is 0 Å². The van der Waals surface area contributed by atoms with Gasteiger partial charge in [-0.3, -0.25) is 0 Å². The number of hydrogen-bond donors (Lipinski definition) is 2. The van der Waals surface area contributed by atoms with Gasteiger partial charge in [0.25, 0.3) is 0 Å². The molecular weight excluding hydrogens is 114 g/mol. The van der Waals surface area contributed by atoms with Gasteiger partial charge in [0, 0.05) is 5.41 Å². The van der Waals surface area contributed by atoms with E-state index >= 15 is 0 Å². The second-order valence-electron chi connectivity index (χ2n) is 3.75. The van der Waals surface area contributed by atoms with Crippen LogP contribution in [0.25, 0.3) is 0 Å². The summed E-state index contributed by atoms with van der Waals surface area (Å²) < 4.78 is 0. The van der Waals surface area contributed by atoms with Gasteiger partial charge in [0.05, 0.1) is 0 Å². The Bertz CT molecular complexity index is 129. The summed E-state index contributed by atoms with van der Waals surface area (Å²) in [5, 5.41) is 9.39. The fourth-order valence-corrected chi connectivity index (χ4v) is 1.28. The first-order valence-electron chi connectivity index (χ1n) is 3.39. The Labute approximate surface area is 56.1 Å². The van der Waals surface area contributed by atoms with Gasteiger partial charge in [-0.1, -0.05) is 20.8 Å². The normalized spacial score (nSPS) is 48.3. The monoisotopic (exact) mass is 129 g/mol. The van der Waals surface area contributed by atoms with E-state index in [1.54, 1.807) is 0 Å². The van der Waals surface area contributed by atoms with E-state index in [0.717, 1.165) is 6.42 Å². The van der Waals surface area contributed by atoms with Crippen LogP contribution in [0.2, 0.25) is 0 Å². The number of aliphatic hydroxyl groups is 1. The lowest BCUT2D eigenvalue weighted by molar-refractivity contribution is -0.184. The molecule has 1 aliphatic carbocycles. The maximum absolute atomic E-state index is 9.39. The molecule has 3 N–H and O–H groups in total. The molecule has 2 unspecified atom stereocenters. The maximum Gasteiger partial charge on any atom is 0.119 e. The van der Waals surface area contributed by atoms with Crippen LogP contribution < -0.4 is 5.73 Å². The molecule has 1 aliphatic rings. The van der Waals surface area contributed by atoms with Crippen molar-refractivity contribution >= 4 is 0 Å². The van der Waals surface area contributed by atoms with E-state index in [1.807, 2.05) is 13.8 Å². The molecule has 1 rings (SSSR count). The van der Waals surface area contributed by atoms with Gasteiger partial charge in [-0.2, -0.15) is 0 Å². The summed E-state index contributed by atoms with van der Waals surface area (Å²) in [7, 11) is 0. The number of hydrogen-bond acceptors (Lipinski definition) is 2. The first kappa shape index (κ1) is 7.03. The molecule has 0 radical (unpaired) electrons. The standard InChI is InChI=1S/C7H15NO/c1-5-4-7(8,9)6(5,2)3/h5,9H,4,8H2,1-3H3. The van der Waals surface area contributed by atoms with Crippen molar-refractivity contribution in [2.75, 3.05) is 0 Å². The van der Waals surface area contributed by atoms with Gasteiger partial charge in [-0.25, -0.2) is 0 Å². The topological polar surface area (TPSA) is 46.2 Å². The molecule has 2 nitrogen and oxygen atoms in total. The second-order valence-corrected chi connectivity index (χ2v) is 3.75. The Morgan fingerprint density at radius 3 is 2.00 bits per heavy atom. The van der Waals surface area contributed by atoms with Gasteiger partial charge in [0.1, 0.15) is 5.72 Å². The second kappa shape index (κ2) is 1.50. The highest BCUT2D eigenvalue weighted by Crippen LogP contribution is 2.50. The van der Waals surface area contributed by atoms with Crippen LogP contribution in [0.3, 0.4) is 0 Å². The van der Waals surface area contributed by atoms with Crippen molar-refractivity contribution in [2.45, 2.75) is 32.9 Å². The van der Waals surface area contributed by atoms with Gasteiger partial charge >= 0.3 is 0 Å². The zero-order chi connectivity index (χ0) is 7.28. The van der Waals surface area contributed by atoms with Gasteiger partial charge in [-0.15, -0.1) is 0 Å². The third-order valence-electron chi connectivity index (χ3n) is 2.97. The molecule has 0 bridgehead atoms. The zero-order valence-electron chi connectivity index (χ0n) is 6.31. The molecule has 2 atom stereocenters. The van der Waals surface area contributed by atoms with Gasteiger partial charge in [-0.05, 0) is 12.3 Å². The van der Waals surface area contributed by atoms with E-state index in [4.69, 9.17) is 5.73 Å². The zero-order valence-corrected chi connectivity index (χ0v) is 6.31. The fourth-order valence-electron chi connectivity index (χ4n) is 1.28. The van der Waals surface area contributed by atoms with Crippen LogP contribution in [0.4, 0.5) is 0 Å². The highest BCUT2D eigenvalue weighted by Gasteiger charge is 2.54. The maximum atomic E-state index is 9.39. The SMILES string of the molecule is CC1CC(N)(O)C1(C)C. The average Bonchev–Trinajstić information content (AvgIpc) is 1.65. The lowest BCUT2D eigenvalue weighted by Gasteiger charge is -2.55. The van der Waals surface area contributed by atoms with Crippen LogP contribution in [0.5, 0.6) is 0 Å². The summed E-state index contributed by atoms with van der Waals surface area (Å²) in [6.07, 6.45) is 0.736. The molecule has 1 saturated carbocycles. The first-order chi connectivity index (χ1) is 3.88. The molecule has 2 heteroatoms. The van der Waals surface area contributed by atoms with E-state index in [1.165, 1.54) is 0 Å². The summed E-state index contributed by atoms with van der Waals surface area (Å²) in [6, 6.07) is 0. The minimum absolute atomic E-state index is 0.0903. The van der Waals surface area contributed by atoms with Crippen molar-refractivity contribution in [1.82, 2.24) is 0 Å². The van der Waals surface area contributed by atoms with Crippen molar-refractivity contribution in [3.8, 4) is 0 Å². The van der Waals surface area contributed by atoms with Gasteiger partial charge in [0.15, 0.2) is 0 Å². The predicted molar refractivity (Wildman–Crippen MR) is 36.7 cm³/mol. The molecule has 0 aromatic carbocycles. The van der Waals surface area contributed by atoms with Crippen LogP contribution in [0.15, 0.2) is 0 Å². The molecule has 0 aromatic heterocycles. The summed E-state index contributed by atoms with van der Waals surface area (Å²) in [4.78, 5) is 0. The predicted octanol–water partition coefficient (Wildman–Crippen LogP) is 0.700. The van der Waals surface area contributed by atoms with E-state index in [2.05, 4.69) is 6.92 Å². The Hall–Kier alpha value is -0.0800. The van der Waals surface area contributed by atoms with Crippen LogP contribution >= 0.6 is 0 Å². The quantitative estimate of drug-likeness (QED) is 0.473. The molecule has 0 aliphatic heterocycles. The van der Waals surface area contributed by atoms with Crippen LogP contribution in [-0.2, 0) is 0 Å². The molecule has 0 spiro atoms. The van der Waals surface area contributed by atoms with Crippen LogP contribution in [-0.4, -0.2) is 10.8 Å². The van der Waals surface area contributed by atoms with Crippen LogP contribution in [0.1, 0.15) is 27.2 Å². The third kappa shape index (κ3) is 0.700. The van der Waals surface area contributed by atoms with E-state index in [0.29, 0.717) is 5.92 Å². The summed E-state index contributed by atoms with van der Waals surface area (Å²) >= 11 is 0. The Morgan fingerprint density at radius 1 is 1.56 bits per heavy atom. The van der Waals surface area contributed by atoms with Crippen LogP contribution in [0, 0.1) is 11.3 Å². The molecule has 9 heavy (non-hydrogen) atoms. The first-order valence-corrected chi connectivity index (χ1v) is 3.39. The summed E-state index contributed by atoms with van der Waals surface area (Å²) in [5.74, 6) is 0.549. The fraction of sp³-hybridized carbons (Fsp3) is 1.00. The lowest BCUT2D eigenvalue weighted by atomic mass is 9.57. The molecule has 0 aromatic rings.